The Balaban J connectivity index is 0.000000127. The number of pyridine rings is 2. The van der Waals surface area contributed by atoms with Gasteiger partial charge in [0.2, 0.25) is 0 Å². The highest BCUT2D eigenvalue weighted by Crippen LogP contribution is 2.35. The fourth-order valence-electron chi connectivity index (χ4n) is 11.5. The Hall–Kier alpha value is -12.0. The summed E-state index contributed by atoms with van der Waals surface area (Å²) in [5.41, 5.74) is 29.2. The molecule has 0 aliphatic carbocycles. The van der Waals surface area contributed by atoms with E-state index >= 15 is 0 Å². The Morgan fingerprint density at radius 2 is 0.355 bits per heavy atom. The molecular weight excluding hydrogens is 1130 g/mol. The van der Waals surface area contributed by atoms with Gasteiger partial charge < -0.3 is 0 Å². The van der Waals surface area contributed by atoms with Gasteiger partial charge in [-0.2, -0.15) is 0 Å². The number of hydrogen-bond donors (Lipinski definition) is 0. The number of benzene rings is 12. The first-order valence-electron chi connectivity index (χ1n) is 31.6. The fraction of sp³-hybridized carbons (Fsp3) is 0.0337. The van der Waals surface area contributed by atoms with E-state index < -0.39 is 0 Å². The average molecular weight is 1190 g/mol. The molecule has 0 N–H and O–H groups in total. The predicted octanol–water partition coefficient (Wildman–Crippen LogP) is 23.6. The van der Waals surface area contributed by atoms with Crippen LogP contribution in [0.3, 0.4) is 0 Å². The molecule has 0 aliphatic rings. The van der Waals surface area contributed by atoms with Gasteiger partial charge in [-0.3, -0.25) is 0 Å². The van der Waals surface area contributed by atoms with Crippen molar-refractivity contribution in [2.24, 2.45) is 0 Å². The molecule has 0 unspecified atom stereocenters. The Bertz CT molecular complexity index is 4420. The number of aryl methyl sites for hydroxylation is 3. The van der Waals surface area contributed by atoms with Crippen LogP contribution in [0.15, 0.2) is 358 Å². The van der Waals surface area contributed by atoms with Gasteiger partial charge in [0.25, 0.3) is 0 Å². The van der Waals surface area contributed by atoms with Gasteiger partial charge in [0.1, 0.15) is 0 Å². The van der Waals surface area contributed by atoms with Crippen molar-refractivity contribution in [1.82, 2.24) is 19.9 Å². The van der Waals surface area contributed by atoms with E-state index in [-0.39, 0.29) is 0 Å². The van der Waals surface area contributed by atoms with Gasteiger partial charge in [-0.1, -0.05) is 332 Å². The van der Waals surface area contributed by atoms with Crippen LogP contribution in [-0.2, 0) is 0 Å². The molecular formula is C89H68N4. The van der Waals surface area contributed by atoms with Gasteiger partial charge in [0.05, 0.1) is 34.2 Å². The van der Waals surface area contributed by atoms with Crippen LogP contribution in [-0.4, -0.2) is 19.9 Å². The third kappa shape index (κ3) is 15.0. The second-order valence-electron chi connectivity index (χ2n) is 23.3. The summed E-state index contributed by atoms with van der Waals surface area (Å²) in [4.78, 5) is 19.9. The Morgan fingerprint density at radius 1 is 0.140 bits per heavy atom. The minimum Gasteiger partial charge on any atom is -0.248 e. The van der Waals surface area contributed by atoms with E-state index in [4.69, 9.17) is 19.9 Å². The van der Waals surface area contributed by atoms with Gasteiger partial charge in [-0.25, -0.2) is 19.9 Å². The summed E-state index contributed by atoms with van der Waals surface area (Å²) in [6, 6.07) is 125. The van der Waals surface area contributed by atoms with E-state index in [9.17, 15) is 0 Å². The lowest BCUT2D eigenvalue weighted by Gasteiger charge is -2.11. The van der Waals surface area contributed by atoms with E-state index in [1.807, 2.05) is 42.5 Å². The first-order chi connectivity index (χ1) is 45.8. The van der Waals surface area contributed by atoms with Gasteiger partial charge >= 0.3 is 0 Å². The first kappa shape index (κ1) is 60.0. The number of nitrogens with zero attached hydrogens (tertiary/aromatic N) is 4. The van der Waals surface area contributed by atoms with Crippen LogP contribution in [0.4, 0.5) is 0 Å². The van der Waals surface area contributed by atoms with E-state index in [0.717, 1.165) is 78.9 Å². The zero-order valence-corrected chi connectivity index (χ0v) is 52.4. The molecule has 4 heteroatoms. The normalized spacial score (nSPS) is 10.7. The SMILES string of the molecule is Cc1cccc(-c2cc(-c3ccccc3)cc(-c3ccc(-c4ccccc4)cc3)n2)c1.Cc1cccc(-c2cc(-c3ccccc3)nc(-c3ccc(-c4ccccc4)cc3)c2)c1.Cc1cccc(-c2cc(-c3ccccc3)nc(-c3ccc(-c4ccccc4)cc3)n2)c1. The van der Waals surface area contributed by atoms with Gasteiger partial charge in [0, 0.05) is 38.9 Å². The molecule has 0 radical (unpaired) electrons. The number of aromatic nitrogens is 4. The molecule has 0 fully saturated rings. The van der Waals surface area contributed by atoms with Crippen molar-refractivity contribution in [3.8, 4) is 135 Å². The maximum absolute atomic E-state index is 5.04. The summed E-state index contributed by atoms with van der Waals surface area (Å²) >= 11 is 0. The predicted molar refractivity (Wildman–Crippen MR) is 390 cm³/mol. The minimum atomic E-state index is 0.734. The van der Waals surface area contributed by atoms with Crippen molar-refractivity contribution in [2.75, 3.05) is 0 Å². The minimum absolute atomic E-state index is 0.734. The van der Waals surface area contributed by atoms with Gasteiger partial charge in [0.15, 0.2) is 5.82 Å². The highest BCUT2D eigenvalue weighted by Gasteiger charge is 2.14. The average Bonchev–Trinajstić information content (AvgIpc) is 1.13. The Morgan fingerprint density at radius 3 is 0.699 bits per heavy atom. The zero-order chi connectivity index (χ0) is 63.1. The first-order valence-corrected chi connectivity index (χ1v) is 31.6. The van der Waals surface area contributed by atoms with Gasteiger partial charge in [-0.15, -0.1) is 0 Å². The van der Waals surface area contributed by atoms with E-state index in [1.54, 1.807) is 0 Å². The smallest absolute Gasteiger partial charge is 0.160 e. The van der Waals surface area contributed by atoms with Gasteiger partial charge in [-0.05, 0) is 119 Å². The molecule has 4 nitrogen and oxygen atoms in total. The third-order valence-corrected chi connectivity index (χ3v) is 16.4. The zero-order valence-electron chi connectivity index (χ0n) is 52.4. The molecule has 0 saturated heterocycles. The second-order valence-corrected chi connectivity index (χ2v) is 23.3. The molecule has 15 aromatic rings. The Labute approximate surface area is 546 Å². The second kappa shape index (κ2) is 28.7. The van der Waals surface area contributed by atoms with Crippen LogP contribution >= 0.6 is 0 Å². The topological polar surface area (TPSA) is 51.6 Å². The quantitative estimate of drug-likeness (QED) is 0.122. The maximum Gasteiger partial charge on any atom is 0.160 e. The molecule has 0 bridgehead atoms. The van der Waals surface area contributed by atoms with Crippen molar-refractivity contribution in [2.45, 2.75) is 20.8 Å². The largest absolute Gasteiger partial charge is 0.248 e. The molecule has 0 amide bonds. The van der Waals surface area contributed by atoms with Crippen LogP contribution in [0.2, 0.25) is 0 Å². The van der Waals surface area contributed by atoms with Crippen LogP contribution in [0.5, 0.6) is 0 Å². The third-order valence-electron chi connectivity index (χ3n) is 16.4. The summed E-state index contributed by atoms with van der Waals surface area (Å²) in [6.07, 6.45) is 0. The lowest BCUT2D eigenvalue weighted by molar-refractivity contribution is 1.18. The molecule has 444 valence electrons. The molecule has 3 heterocycles. The van der Waals surface area contributed by atoms with Crippen LogP contribution < -0.4 is 0 Å². The molecule has 15 rings (SSSR count). The van der Waals surface area contributed by atoms with Crippen molar-refractivity contribution in [1.29, 1.82) is 0 Å². The monoisotopic (exact) mass is 1190 g/mol. The highest BCUT2D eigenvalue weighted by atomic mass is 14.9. The van der Waals surface area contributed by atoms with E-state index in [1.165, 1.54) is 72.3 Å². The molecule has 0 saturated carbocycles. The van der Waals surface area contributed by atoms with Crippen LogP contribution in [0.1, 0.15) is 16.7 Å². The number of rotatable bonds is 12. The molecule has 0 spiro atoms. The van der Waals surface area contributed by atoms with Crippen molar-refractivity contribution < 1.29 is 0 Å². The van der Waals surface area contributed by atoms with Crippen molar-refractivity contribution in [3.63, 3.8) is 0 Å². The molecule has 0 aliphatic heterocycles. The highest BCUT2D eigenvalue weighted by molar-refractivity contribution is 5.81. The van der Waals surface area contributed by atoms with Crippen LogP contribution in [0.25, 0.3) is 135 Å². The van der Waals surface area contributed by atoms with Crippen LogP contribution in [0, 0.1) is 20.8 Å². The standard InChI is InChI=1S/2C30H23N.C29H22N2/c1-22-9-8-14-27(19-22)28-20-29(25-12-6-3-7-13-25)31-30(21-28)26-17-15-24(16-18-26)23-10-4-2-5-11-23;1-22-9-8-14-27(19-22)30-21-28(24-12-6-3-7-13-24)20-29(31-30)26-17-15-25(16-18-26)23-10-4-2-5-11-23;1-21-9-8-14-26(19-21)28-20-27(24-12-6-3-7-13-24)30-29(31-28)25-17-15-23(16-18-25)22-10-4-2-5-11-22/h2*2-21H,1H3;2-20H,1H3. The van der Waals surface area contributed by atoms with E-state index in [0.29, 0.717) is 0 Å². The summed E-state index contributed by atoms with van der Waals surface area (Å²) in [7, 11) is 0. The summed E-state index contributed by atoms with van der Waals surface area (Å²) in [5, 5.41) is 0. The molecule has 0 atom stereocenters. The van der Waals surface area contributed by atoms with Crippen molar-refractivity contribution >= 4 is 0 Å². The van der Waals surface area contributed by atoms with Crippen molar-refractivity contribution in [3.05, 3.63) is 375 Å². The van der Waals surface area contributed by atoms with E-state index in [2.05, 4.69) is 336 Å². The summed E-state index contributed by atoms with van der Waals surface area (Å²) < 4.78 is 0. The summed E-state index contributed by atoms with van der Waals surface area (Å²) in [6.45, 7) is 6.35. The summed E-state index contributed by atoms with van der Waals surface area (Å²) in [5.74, 6) is 0.734. The lowest BCUT2D eigenvalue weighted by Crippen LogP contribution is -1.96. The number of hydrogen-bond acceptors (Lipinski definition) is 4. The molecule has 3 aromatic heterocycles. The molecule has 12 aromatic carbocycles. The fourth-order valence-corrected chi connectivity index (χ4v) is 11.5. The Kier molecular flexibility index (Phi) is 18.5. The molecule has 93 heavy (non-hydrogen) atoms. The lowest BCUT2D eigenvalue weighted by atomic mass is 9.98. The maximum atomic E-state index is 5.04.